The van der Waals surface area contributed by atoms with Gasteiger partial charge in [-0.1, -0.05) is 42.1 Å². The van der Waals surface area contributed by atoms with Crippen LogP contribution in [-0.2, 0) is 25.7 Å². The molecule has 8 nitrogen and oxygen atoms in total. The number of ether oxygens (including phenoxy) is 2. The summed E-state index contributed by atoms with van der Waals surface area (Å²) in [6.07, 6.45) is 1.84. The van der Waals surface area contributed by atoms with Gasteiger partial charge < -0.3 is 15.2 Å². The van der Waals surface area contributed by atoms with Gasteiger partial charge in [-0.05, 0) is 24.8 Å². The fraction of sp³-hybridized carbons (Fsp3) is 0.474. The van der Waals surface area contributed by atoms with Crippen LogP contribution < -0.4 is 5.73 Å². The predicted molar refractivity (Wildman–Crippen MR) is 101 cm³/mol. The average molecular weight is 402 g/mol. The number of nitrogens with one attached hydrogen (secondary N) is 1. The number of hydrogen-bond acceptors (Lipinski definition) is 8. The first-order chi connectivity index (χ1) is 13.5. The van der Waals surface area contributed by atoms with Gasteiger partial charge in [0, 0.05) is 11.2 Å². The predicted octanol–water partition coefficient (Wildman–Crippen LogP) is 1.54. The highest BCUT2D eigenvalue weighted by Crippen LogP contribution is 2.65. The van der Waals surface area contributed by atoms with Crippen molar-refractivity contribution in [1.29, 1.82) is 0 Å². The molecule has 0 spiro atoms. The van der Waals surface area contributed by atoms with E-state index >= 15 is 0 Å². The fourth-order valence-electron chi connectivity index (χ4n) is 4.20. The SMILES string of the molecule is CCOC(=O)C1C2C(Sc3ncn[nH]3)CC(N)(C(=O)OCc3ccccc3)C12. The van der Waals surface area contributed by atoms with Gasteiger partial charge in [0.1, 0.15) is 18.5 Å². The molecule has 9 heteroatoms. The van der Waals surface area contributed by atoms with Crippen LogP contribution in [0.15, 0.2) is 41.8 Å². The van der Waals surface area contributed by atoms with Gasteiger partial charge in [-0.3, -0.25) is 14.7 Å². The van der Waals surface area contributed by atoms with Crippen LogP contribution in [-0.4, -0.2) is 44.5 Å². The minimum Gasteiger partial charge on any atom is -0.466 e. The fourth-order valence-corrected chi connectivity index (χ4v) is 5.55. The van der Waals surface area contributed by atoms with Gasteiger partial charge in [0.15, 0.2) is 5.16 Å². The molecular formula is C19H22N4O4S. The Morgan fingerprint density at radius 2 is 2.11 bits per heavy atom. The summed E-state index contributed by atoms with van der Waals surface area (Å²) in [4.78, 5) is 29.4. The number of esters is 2. The number of aromatic nitrogens is 3. The molecule has 2 fully saturated rings. The molecule has 1 aromatic heterocycles. The summed E-state index contributed by atoms with van der Waals surface area (Å²) in [6, 6.07) is 9.43. The number of carbonyl (C=O) groups excluding carboxylic acids is 2. The molecule has 1 aromatic carbocycles. The van der Waals surface area contributed by atoms with E-state index in [1.54, 1.807) is 6.92 Å². The molecule has 0 saturated heterocycles. The minimum absolute atomic E-state index is 0.0385. The van der Waals surface area contributed by atoms with Crippen molar-refractivity contribution in [2.75, 3.05) is 6.61 Å². The second-order valence-electron chi connectivity index (χ2n) is 7.13. The maximum Gasteiger partial charge on any atom is 0.326 e. The number of rotatable bonds is 7. The molecule has 2 aromatic rings. The number of nitrogens with two attached hydrogens (primary N) is 1. The Morgan fingerprint density at radius 1 is 1.32 bits per heavy atom. The molecule has 5 unspecified atom stereocenters. The largest absolute Gasteiger partial charge is 0.466 e. The van der Waals surface area contributed by atoms with Crippen LogP contribution in [0.1, 0.15) is 18.9 Å². The van der Waals surface area contributed by atoms with Crippen molar-refractivity contribution in [1.82, 2.24) is 15.2 Å². The molecule has 5 atom stereocenters. The Balaban J connectivity index is 1.49. The van der Waals surface area contributed by atoms with E-state index in [2.05, 4.69) is 15.2 Å². The molecule has 3 N–H and O–H groups in total. The number of fused-ring (bicyclic) bond motifs is 1. The zero-order valence-electron chi connectivity index (χ0n) is 15.4. The van der Waals surface area contributed by atoms with Crippen molar-refractivity contribution in [3.05, 3.63) is 42.2 Å². The van der Waals surface area contributed by atoms with E-state index in [1.165, 1.54) is 18.1 Å². The third kappa shape index (κ3) is 3.40. The molecule has 0 amide bonds. The standard InChI is InChI=1S/C19H22N4O4S/c1-2-26-16(24)14-13-12(28-18-21-10-22-23-18)8-19(20,15(13)14)17(25)27-9-11-6-4-3-5-7-11/h3-7,10,12-15H,2,8-9,20H2,1H3,(H,21,22,23). The summed E-state index contributed by atoms with van der Waals surface area (Å²) >= 11 is 1.46. The molecule has 2 saturated carbocycles. The summed E-state index contributed by atoms with van der Waals surface area (Å²) in [5, 5.41) is 7.25. The first kappa shape index (κ1) is 18.9. The van der Waals surface area contributed by atoms with Gasteiger partial charge >= 0.3 is 11.9 Å². The summed E-state index contributed by atoms with van der Waals surface area (Å²) in [6.45, 7) is 2.21. The lowest BCUT2D eigenvalue weighted by atomic mass is 9.91. The van der Waals surface area contributed by atoms with Crippen LogP contribution in [0.5, 0.6) is 0 Å². The van der Waals surface area contributed by atoms with Gasteiger partial charge in [0.05, 0.1) is 12.5 Å². The molecule has 4 rings (SSSR count). The molecule has 1 heterocycles. The highest BCUT2D eigenvalue weighted by atomic mass is 32.2. The Morgan fingerprint density at radius 3 is 2.79 bits per heavy atom. The van der Waals surface area contributed by atoms with E-state index in [0.717, 1.165) is 5.56 Å². The number of carbonyl (C=O) groups is 2. The van der Waals surface area contributed by atoms with Crippen LogP contribution >= 0.6 is 11.8 Å². The minimum atomic E-state index is -1.21. The summed E-state index contributed by atoms with van der Waals surface area (Å²) in [5.41, 5.74) is 6.23. The van der Waals surface area contributed by atoms with Crippen molar-refractivity contribution in [2.24, 2.45) is 23.5 Å². The summed E-state index contributed by atoms with van der Waals surface area (Å²) < 4.78 is 10.7. The Labute approximate surface area is 166 Å². The lowest BCUT2D eigenvalue weighted by Gasteiger charge is -2.27. The quantitative estimate of drug-likeness (QED) is 0.669. The van der Waals surface area contributed by atoms with E-state index in [9.17, 15) is 9.59 Å². The van der Waals surface area contributed by atoms with Crippen LogP contribution in [0.25, 0.3) is 0 Å². The molecule has 2 aliphatic rings. The van der Waals surface area contributed by atoms with Crippen molar-refractivity contribution in [3.8, 4) is 0 Å². The molecule has 2 aliphatic carbocycles. The van der Waals surface area contributed by atoms with Gasteiger partial charge in [-0.15, -0.1) is 0 Å². The van der Waals surface area contributed by atoms with Crippen molar-refractivity contribution in [3.63, 3.8) is 0 Å². The maximum absolute atomic E-state index is 12.9. The lowest BCUT2D eigenvalue weighted by molar-refractivity contribution is -0.153. The van der Waals surface area contributed by atoms with Crippen molar-refractivity contribution < 1.29 is 19.1 Å². The number of thioether (sulfide) groups is 1. The Hall–Kier alpha value is -2.39. The van der Waals surface area contributed by atoms with E-state index < -0.39 is 11.5 Å². The first-order valence-electron chi connectivity index (χ1n) is 9.23. The number of aromatic amines is 1. The van der Waals surface area contributed by atoms with Crippen LogP contribution in [0.4, 0.5) is 0 Å². The third-order valence-electron chi connectivity index (χ3n) is 5.45. The molecule has 0 aliphatic heterocycles. The Kier molecular flexibility index (Phi) is 5.11. The molecule has 148 valence electrons. The highest BCUT2D eigenvalue weighted by molar-refractivity contribution is 7.99. The van der Waals surface area contributed by atoms with E-state index in [4.69, 9.17) is 15.2 Å². The van der Waals surface area contributed by atoms with E-state index in [1.807, 2.05) is 30.3 Å². The lowest BCUT2D eigenvalue weighted by Crippen LogP contribution is -2.51. The molecule has 28 heavy (non-hydrogen) atoms. The molecular weight excluding hydrogens is 380 g/mol. The second-order valence-corrected chi connectivity index (χ2v) is 8.36. The summed E-state index contributed by atoms with van der Waals surface area (Å²) in [5.74, 6) is -1.48. The van der Waals surface area contributed by atoms with Crippen LogP contribution in [0.3, 0.4) is 0 Å². The smallest absolute Gasteiger partial charge is 0.326 e. The number of hydrogen-bond donors (Lipinski definition) is 2. The first-order valence-corrected chi connectivity index (χ1v) is 10.1. The van der Waals surface area contributed by atoms with Gasteiger partial charge in [-0.25, -0.2) is 4.98 Å². The van der Waals surface area contributed by atoms with Gasteiger partial charge in [0.2, 0.25) is 0 Å². The number of H-pyrrole nitrogens is 1. The van der Waals surface area contributed by atoms with Crippen LogP contribution in [0, 0.1) is 17.8 Å². The van der Waals surface area contributed by atoms with Gasteiger partial charge in [-0.2, -0.15) is 5.10 Å². The van der Waals surface area contributed by atoms with Crippen LogP contribution in [0.2, 0.25) is 0 Å². The third-order valence-corrected chi connectivity index (χ3v) is 6.65. The average Bonchev–Trinajstić information content (AvgIpc) is 3.13. The Bertz CT molecular complexity index is 847. The van der Waals surface area contributed by atoms with E-state index in [-0.39, 0.29) is 35.6 Å². The molecule has 0 radical (unpaired) electrons. The molecule has 0 bridgehead atoms. The topological polar surface area (TPSA) is 120 Å². The van der Waals surface area contributed by atoms with Gasteiger partial charge in [0.25, 0.3) is 0 Å². The van der Waals surface area contributed by atoms with Crippen molar-refractivity contribution in [2.45, 2.75) is 35.9 Å². The summed E-state index contributed by atoms with van der Waals surface area (Å²) in [7, 11) is 0. The maximum atomic E-state index is 12.9. The van der Waals surface area contributed by atoms with Crippen molar-refractivity contribution >= 4 is 23.7 Å². The monoisotopic (exact) mass is 402 g/mol. The zero-order valence-corrected chi connectivity index (χ0v) is 16.2. The second kappa shape index (κ2) is 7.56. The zero-order chi connectivity index (χ0) is 19.7. The highest BCUT2D eigenvalue weighted by Gasteiger charge is 2.74. The van der Waals surface area contributed by atoms with E-state index in [0.29, 0.717) is 18.2 Å². The number of nitrogens with zero attached hydrogens (tertiary/aromatic N) is 2. The normalized spacial score (nSPS) is 30.5. The number of benzene rings is 1.